The van der Waals surface area contributed by atoms with Gasteiger partial charge < -0.3 is 25.9 Å². The highest BCUT2D eigenvalue weighted by Gasteiger charge is 2.27. The number of carbonyl (C=O) groups is 2. The number of amides is 2. The lowest BCUT2D eigenvalue weighted by Gasteiger charge is -2.22. The van der Waals surface area contributed by atoms with Crippen LogP contribution >= 0.6 is 0 Å². The molecule has 5 aromatic rings. The maximum absolute atomic E-state index is 14.3. The summed E-state index contributed by atoms with van der Waals surface area (Å²) in [6.07, 6.45) is 3.82. The number of nitrogens with two attached hydrogens (primary N) is 1. The second kappa shape index (κ2) is 9.52. The lowest BCUT2D eigenvalue weighted by atomic mass is 10.0. The molecule has 0 aliphatic rings. The Morgan fingerprint density at radius 1 is 1.16 bits per heavy atom. The minimum atomic E-state index is -1.68. The molecule has 4 heterocycles. The first-order chi connectivity index (χ1) is 18.1. The van der Waals surface area contributed by atoms with Crippen LogP contribution in [-0.2, 0) is 0 Å². The van der Waals surface area contributed by atoms with Gasteiger partial charge in [0.05, 0.1) is 35.2 Å². The normalized spacial score (nSPS) is 12.5. The maximum atomic E-state index is 14.3. The molecule has 0 radical (unpaired) electrons. The van der Waals surface area contributed by atoms with E-state index in [1.165, 1.54) is 43.5 Å². The quantitative estimate of drug-likeness (QED) is 0.241. The Morgan fingerprint density at radius 3 is 2.74 bits per heavy atom. The molecule has 0 fully saturated rings. The fourth-order valence-electron chi connectivity index (χ4n) is 3.68. The summed E-state index contributed by atoms with van der Waals surface area (Å²) in [5.41, 5.74) is 6.62. The van der Waals surface area contributed by atoms with Crippen LogP contribution in [0.3, 0.4) is 0 Å². The lowest BCUT2D eigenvalue weighted by Crippen LogP contribution is -2.42. The molecule has 4 aromatic heterocycles. The zero-order valence-electron chi connectivity index (χ0n) is 20.3. The van der Waals surface area contributed by atoms with Crippen molar-refractivity contribution in [1.82, 2.24) is 30.0 Å². The van der Waals surface area contributed by atoms with E-state index in [9.17, 15) is 19.1 Å². The van der Waals surface area contributed by atoms with Crippen LogP contribution in [0.25, 0.3) is 28.0 Å². The standard InChI is InChI=1S/C25H23FN8O4/c1-25(2,37)20(26)11-30-24(36)16-10-28-21(34-23-14(9-32-34)5-13(8-29-23)22(27)35)7-18(16)33-15-3-4-17-19(6-15)38-12-31-17/h3-10,12,20,37H,11H2,1-2H3,(H2,27,35)(H,28,33)(H,30,36)/t20-/m1/s1. The number of anilines is 2. The first-order valence-electron chi connectivity index (χ1n) is 11.5. The second-order valence-corrected chi connectivity index (χ2v) is 9.14. The van der Waals surface area contributed by atoms with Crippen LogP contribution in [0.4, 0.5) is 15.8 Å². The number of carbonyl (C=O) groups excluding carboxylic acids is 2. The lowest BCUT2D eigenvalue weighted by molar-refractivity contribution is -0.00177. The van der Waals surface area contributed by atoms with Crippen LogP contribution in [-0.4, -0.2) is 60.0 Å². The van der Waals surface area contributed by atoms with E-state index in [-0.39, 0.29) is 11.1 Å². The third-order valence-electron chi connectivity index (χ3n) is 5.86. The van der Waals surface area contributed by atoms with Crippen LogP contribution in [0.5, 0.6) is 0 Å². The van der Waals surface area contributed by atoms with E-state index >= 15 is 0 Å². The van der Waals surface area contributed by atoms with Crippen LogP contribution < -0.4 is 16.4 Å². The summed E-state index contributed by atoms with van der Waals surface area (Å²) in [6.45, 7) is 2.24. The molecule has 2 amide bonds. The number of hydrogen-bond acceptors (Lipinski definition) is 9. The zero-order chi connectivity index (χ0) is 27.0. The molecule has 0 spiro atoms. The van der Waals surface area contributed by atoms with Gasteiger partial charge in [-0.3, -0.25) is 9.59 Å². The number of oxazole rings is 1. The summed E-state index contributed by atoms with van der Waals surface area (Å²) in [6, 6.07) is 8.37. The molecule has 12 nitrogen and oxygen atoms in total. The number of nitrogens with one attached hydrogen (secondary N) is 2. The number of nitrogens with zero attached hydrogens (tertiary/aromatic N) is 5. The van der Waals surface area contributed by atoms with Gasteiger partial charge in [-0.1, -0.05) is 0 Å². The molecule has 5 rings (SSSR count). The monoisotopic (exact) mass is 518 g/mol. The van der Waals surface area contributed by atoms with E-state index < -0.39 is 30.1 Å². The number of alkyl halides is 1. The molecule has 38 heavy (non-hydrogen) atoms. The molecule has 5 N–H and O–H groups in total. The Labute approximate surface area is 214 Å². The van der Waals surface area contributed by atoms with Crippen molar-refractivity contribution in [3.8, 4) is 5.82 Å². The van der Waals surface area contributed by atoms with Gasteiger partial charge in [0, 0.05) is 35.6 Å². The minimum absolute atomic E-state index is 0.120. The summed E-state index contributed by atoms with van der Waals surface area (Å²) < 4.78 is 21.1. The van der Waals surface area contributed by atoms with Gasteiger partial charge in [-0.25, -0.2) is 19.3 Å². The summed E-state index contributed by atoms with van der Waals surface area (Å²) in [4.78, 5) is 37.3. The number of rotatable bonds is 8. The van der Waals surface area contributed by atoms with Crippen LogP contribution in [0.15, 0.2) is 59.7 Å². The highest BCUT2D eigenvalue weighted by molar-refractivity contribution is 6.00. The fourth-order valence-corrected chi connectivity index (χ4v) is 3.68. The van der Waals surface area contributed by atoms with Gasteiger partial charge in [0.2, 0.25) is 5.91 Å². The van der Waals surface area contributed by atoms with E-state index in [0.29, 0.717) is 39.3 Å². The van der Waals surface area contributed by atoms with Crippen molar-refractivity contribution in [1.29, 1.82) is 0 Å². The molecule has 0 saturated carbocycles. The van der Waals surface area contributed by atoms with Gasteiger partial charge in [-0.05, 0) is 32.0 Å². The first-order valence-corrected chi connectivity index (χ1v) is 11.5. The smallest absolute Gasteiger partial charge is 0.255 e. The number of pyridine rings is 2. The molecule has 0 unspecified atom stereocenters. The van der Waals surface area contributed by atoms with Gasteiger partial charge in [0.25, 0.3) is 5.91 Å². The Hall–Kier alpha value is -4.91. The van der Waals surface area contributed by atoms with Crippen molar-refractivity contribution < 1.29 is 23.5 Å². The molecule has 1 aromatic carbocycles. The first kappa shape index (κ1) is 24.8. The number of aromatic nitrogens is 5. The molecule has 1 atom stereocenters. The average molecular weight is 519 g/mol. The van der Waals surface area contributed by atoms with E-state index in [4.69, 9.17) is 10.2 Å². The van der Waals surface area contributed by atoms with Gasteiger partial charge in [-0.15, -0.1) is 0 Å². The van der Waals surface area contributed by atoms with Crippen LogP contribution in [0, 0.1) is 0 Å². The van der Waals surface area contributed by atoms with Crippen molar-refractivity contribution in [2.45, 2.75) is 25.6 Å². The predicted octanol–water partition coefficient (Wildman–Crippen LogP) is 2.64. The molecule has 194 valence electrons. The van der Waals surface area contributed by atoms with Crippen molar-refractivity contribution in [3.63, 3.8) is 0 Å². The van der Waals surface area contributed by atoms with Gasteiger partial charge in [0.1, 0.15) is 11.7 Å². The molecular formula is C25H23FN8O4. The Morgan fingerprint density at radius 2 is 1.97 bits per heavy atom. The molecule has 0 bridgehead atoms. The fraction of sp³-hybridized carbons (Fsp3) is 0.200. The van der Waals surface area contributed by atoms with E-state index in [1.807, 2.05) is 0 Å². The largest absolute Gasteiger partial charge is 0.443 e. The van der Waals surface area contributed by atoms with Gasteiger partial charge >= 0.3 is 0 Å². The third-order valence-corrected chi connectivity index (χ3v) is 5.86. The van der Waals surface area contributed by atoms with Crippen molar-refractivity contribution in [2.24, 2.45) is 5.73 Å². The summed E-state index contributed by atoms with van der Waals surface area (Å²) >= 11 is 0. The number of primary amides is 1. The van der Waals surface area contributed by atoms with Gasteiger partial charge in [-0.2, -0.15) is 9.78 Å². The maximum Gasteiger partial charge on any atom is 0.255 e. The number of aliphatic hydroxyl groups is 1. The Kier molecular flexibility index (Phi) is 6.20. The number of benzene rings is 1. The highest BCUT2D eigenvalue weighted by Crippen LogP contribution is 2.27. The van der Waals surface area contributed by atoms with Crippen molar-refractivity contribution in [2.75, 3.05) is 11.9 Å². The summed E-state index contributed by atoms with van der Waals surface area (Å²) in [5, 5.41) is 20.4. The minimum Gasteiger partial charge on any atom is -0.443 e. The molecular weight excluding hydrogens is 495 g/mol. The SMILES string of the molecule is CC(C)(O)[C@H](F)CNC(=O)c1cnc(-n2ncc3cc(C(N)=O)cnc32)cc1Nc1ccc2ncoc2c1. The second-order valence-electron chi connectivity index (χ2n) is 9.14. The molecule has 0 aliphatic carbocycles. The number of hydrogen-bond donors (Lipinski definition) is 4. The number of fused-ring (bicyclic) bond motifs is 2. The molecule has 0 aliphatic heterocycles. The summed E-state index contributed by atoms with van der Waals surface area (Å²) in [5.74, 6) is -0.899. The topological polar surface area (TPSA) is 174 Å². The Bertz CT molecular complexity index is 1670. The summed E-state index contributed by atoms with van der Waals surface area (Å²) in [7, 11) is 0. The van der Waals surface area contributed by atoms with Crippen molar-refractivity contribution >= 4 is 45.3 Å². The predicted molar refractivity (Wildman–Crippen MR) is 136 cm³/mol. The molecule has 13 heteroatoms. The van der Waals surface area contributed by atoms with E-state index in [1.54, 1.807) is 30.3 Å². The highest BCUT2D eigenvalue weighted by atomic mass is 19.1. The van der Waals surface area contributed by atoms with Crippen LogP contribution in [0.2, 0.25) is 0 Å². The molecule has 0 saturated heterocycles. The van der Waals surface area contributed by atoms with Crippen LogP contribution in [0.1, 0.15) is 34.6 Å². The average Bonchev–Trinajstić information content (AvgIpc) is 3.52. The van der Waals surface area contributed by atoms with Gasteiger partial charge in [0.15, 0.2) is 23.4 Å². The van der Waals surface area contributed by atoms with Crippen molar-refractivity contribution in [3.05, 3.63) is 66.4 Å². The Balaban J connectivity index is 1.52. The third kappa shape index (κ3) is 4.86. The zero-order valence-corrected chi connectivity index (χ0v) is 20.3. The van der Waals surface area contributed by atoms with E-state index in [0.717, 1.165) is 0 Å². The number of halogens is 1. The van der Waals surface area contributed by atoms with E-state index in [2.05, 4.69) is 30.7 Å².